The molecule has 0 spiro atoms. The Hall–Kier alpha value is -2.30. The number of nitrogens with zero attached hydrogens (tertiary/aromatic N) is 1. The Labute approximate surface area is 97.7 Å². The number of aromatic amines is 2. The maximum absolute atomic E-state index is 11.3. The first-order chi connectivity index (χ1) is 8.20. The van der Waals surface area contributed by atoms with Crippen molar-refractivity contribution in [2.24, 2.45) is 0 Å². The third kappa shape index (κ3) is 2.44. The summed E-state index contributed by atoms with van der Waals surface area (Å²) in [4.78, 5) is 29.1. The average molecular weight is 231 g/mol. The Kier molecular flexibility index (Phi) is 3.09. The van der Waals surface area contributed by atoms with Gasteiger partial charge in [-0.3, -0.25) is 14.8 Å². The zero-order valence-electron chi connectivity index (χ0n) is 9.43. The number of aromatic nitrogens is 2. The molecule has 2 rings (SSSR count). The van der Waals surface area contributed by atoms with Gasteiger partial charge in [0.2, 0.25) is 0 Å². The fourth-order valence-electron chi connectivity index (χ4n) is 1.70. The first kappa shape index (κ1) is 11.2. The molecule has 17 heavy (non-hydrogen) atoms. The molecule has 5 heteroatoms. The minimum Gasteiger partial charge on any atom is -0.328 e. The standard InChI is InChI=1S/C12H13N3O2/c1-2-15(9-6-4-3-5-7-9)10-8-11(16)14-12(17)13-10/h3-8H,2H2,1H3,(H2,13,14,16,17). The maximum Gasteiger partial charge on any atom is 0.327 e. The van der Waals surface area contributed by atoms with E-state index in [0.29, 0.717) is 12.4 Å². The zero-order chi connectivity index (χ0) is 12.3. The number of benzene rings is 1. The fourth-order valence-corrected chi connectivity index (χ4v) is 1.70. The number of rotatable bonds is 3. The van der Waals surface area contributed by atoms with Gasteiger partial charge in [0, 0.05) is 18.3 Å². The molecule has 0 saturated carbocycles. The van der Waals surface area contributed by atoms with Gasteiger partial charge in [-0.1, -0.05) is 18.2 Å². The van der Waals surface area contributed by atoms with Gasteiger partial charge in [-0.2, -0.15) is 0 Å². The first-order valence-corrected chi connectivity index (χ1v) is 5.37. The smallest absolute Gasteiger partial charge is 0.327 e. The van der Waals surface area contributed by atoms with Crippen LogP contribution in [0, 0.1) is 0 Å². The monoisotopic (exact) mass is 231 g/mol. The van der Waals surface area contributed by atoms with Crippen LogP contribution in [0.5, 0.6) is 0 Å². The summed E-state index contributed by atoms with van der Waals surface area (Å²) in [5, 5.41) is 0. The second-order valence-corrected chi connectivity index (χ2v) is 3.55. The molecule has 0 aliphatic rings. The largest absolute Gasteiger partial charge is 0.328 e. The van der Waals surface area contributed by atoms with Crippen molar-refractivity contribution in [3.8, 4) is 0 Å². The van der Waals surface area contributed by atoms with Crippen molar-refractivity contribution in [3.05, 3.63) is 57.2 Å². The van der Waals surface area contributed by atoms with E-state index in [9.17, 15) is 9.59 Å². The van der Waals surface area contributed by atoms with Crippen LogP contribution in [0.25, 0.3) is 0 Å². The van der Waals surface area contributed by atoms with Crippen LogP contribution in [0.2, 0.25) is 0 Å². The van der Waals surface area contributed by atoms with Crippen molar-refractivity contribution >= 4 is 11.5 Å². The molecule has 0 aliphatic heterocycles. The van der Waals surface area contributed by atoms with Crippen LogP contribution in [-0.2, 0) is 0 Å². The molecule has 5 nitrogen and oxygen atoms in total. The van der Waals surface area contributed by atoms with Gasteiger partial charge < -0.3 is 4.90 Å². The number of H-pyrrole nitrogens is 2. The zero-order valence-corrected chi connectivity index (χ0v) is 9.43. The summed E-state index contributed by atoms with van der Waals surface area (Å²) in [6.45, 7) is 2.61. The van der Waals surface area contributed by atoms with Crippen molar-refractivity contribution < 1.29 is 0 Å². The van der Waals surface area contributed by atoms with Crippen molar-refractivity contribution in [2.45, 2.75) is 6.92 Å². The molecule has 2 aromatic rings. The molecule has 1 heterocycles. The molecular weight excluding hydrogens is 218 g/mol. The van der Waals surface area contributed by atoms with Crippen LogP contribution in [-0.4, -0.2) is 16.5 Å². The van der Waals surface area contributed by atoms with E-state index in [2.05, 4.69) is 9.97 Å². The van der Waals surface area contributed by atoms with Crippen LogP contribution in [0.1, 0.15) is 6.92 Å². The summed E-state index contributed by atoms with van der Waals surface area (Å²) in [6, 6.07) is 10.9. The number of hydrogen-bond acceptors (Lipinski definition) is 3. The molecule has 1 aromatic carbocycles. The van der Waals surface area contributed by atoms with Crippen LogP contribution in [0.3, 0.4) is 0 Å². The first-order valence-electron chi connectivity index (χ1n) is 5.37. The molecule has 0 radical (unpaired) electrons. The van der Waals surface area contributed by atoms with Crippen LogP contribution >= 0.6 is 0 Å². The second-order valence-electron chi connectivity index (χ2n) is 3.55. The van der Waals surface area contributed by atoms with Crippen molar-refractivity contribution in [3.63, 3.8) is 0 Å². The molecule has 0 bridgehead atoms. The van der Waals surface area contributed by atoms with Crippen LogP contribution in [0.4, 0.5) is 11.5 Å². The minimum atomic E-state index is -0.498. The van der Waals surface area contributed by atoms with Gasteiger partial charge >= 0.3 is 5.69 Å². The Bertz CT molecular complexity index is 573. The lowest BCUT2D eigenvalue weighted by molar-refractivity contribution is 0.942. The van der Waals surface area contributed by atoms with Gasteiger partial charge in [-0.05, 0) is 19.1 Å². The highest BCUT2D eigenvalue weighted by atomic mass is 16.2. The Morgan fingerprint density at radius 3 is 2.41 bits per heavy atom. The van der Waals surface area contributed by atoms with E-state index >= 15 is 0 Å². The van der Waals surface area contributed by atoms with E-state index in [-0.39, 0.29) is 0 Å². The van der Waals surface area contributed by atoms with E-state index < -0.39 is 11.2 Å². The van der Waals surface area contributed by atoms with E-state index in [1.165, 1.54) is 6.07 Å². The van der Waals surface area contributed by atoms with E-state index in [1.807, 2.05) is 42.2 Å². The Morgan fingerprint density at radius 2 is 1.82 bits per heavy atom. The van der Waals surface area contributed by atoms with Crippen molar-refractivity contribution in [2.75, 3.05) is 11.4 Å². The molecule has 0 amide bonds. The molecule has 2 N–H and O–H groups in total. The topological polar surface area (TPSA) is 69.0 Å². The molecule has 0 atom stereocenters. The minimum absolute atomic E-state index is 0.405. The highest BCUT2D eigenvalue weighted by molar-refractivity contribution is 5.58. The van der Waals surface area contributed by atoms with Gasteiger partial charge in [0.25, 0.3) is 5.56 Å². The number of para-hydroxylation sites is 1. The van der Waals surface area contributed by atoms with Gasteiger partial charge in [-0.15, -0.1) is 0 Å². The summed E-state index contributed by atoms with van der Waals surface area (Å²) >= 11 is 0. The number of anilines is 2. The summed E-state index contributed by atoms with van der Waals surface area (Å²) in [5.74, 6) is 0.493. The third-order valence-electron chi connectivity index (χ3n) is 2.42. The average Bonchev–Trinajstić information content (AvgIpc) is 2.30. The molecule has 1 aromatic heterocycles. The highest BCUT2D eigenvalue weighted by Gasteiger charge is 2.08. The summed E-state index contributed by atoms with van der Waals surface area (Å²) in [7, 11) is 0. The highest BCUT2D eigenvalue weighted by Crippen LogP contribution is 2.20. The van der Waals surface area contributed by atoms with E-state index in [0.717, 1.165) is 5.69 Å². The third-order valence-corrected chi connectivity index (χ3v) is 2.42. The summed E-state index contributed by atoms with van der Waals surface area (Å²) in [6.07, 6.45) is 0. The quantitative estimate of drug-likeness (QED) is 0.834. The predicted molar refractivity (Wildman–Crippen MR) is 66.8 cm³/mol. The van der Waals surface area contributed by atoms with Gasteiger partial charge in [-0.25, -0.2) is 4.79 Å². The summed E-state index contributed by atoms with van der Waals surface area (Å²) in [5.41, 5.74) is 0.0243. The van der Waals surface area contributed by atoms with Crippen LogP contribution < -0.4 is 16.1 Å². The molecular formula is C12H13N3O2. The molecule has 0 fully saturated rings. The van der Waals surface area contributed by atoms with E-state index in [1.54, 1.807) is 0 Å². The Balaban J connectivity index is 2.49. The molecule has 0 aliphatic carbocycles. The number of nitrogens with one attached hydrogen (secondary N) is 2. The fraction of sp³-hybridized carbons (Fsp3) is 0.167. The predicted octanol–water partition coefficient (Wildman–Crippen LogP) is 1.22. The Morgan fingerprint density at radius 1 is 1.12 bits per heavy atom. The van der Waals surface area contributed by atoms with Gasteiger partial charge in [0.1, 0.15) is 5.82 Å². The SMILES string of the molecule is CCN(c1ccccc1)c1cc(=O)[nH]c(=O)[nH]1. The lowest BCUT2D eigenvalue weighted by atomic mass is 10.3. The molecule has 88 valence electrons. The lowest BCUT2D eigenvalue weighted by Crippen LogP contribution is -2.27. The van der Waals surface area contributed by atoms with Crippen LogP contribution in [0.15, 0.2) is 46.0 Å². The molecule has 0 unspecified atom stereocenters. The normalized spacial score (nSPS) is 10.2. The second kappa shape index (κ2) is 4.69. The lowest BCUT2D eigenvalue weighted by Gasteiger charge is -2.21. The van der Waals surface area contributed by atoms with E-state index in [4.69, 9.17) is 0 Å². The van der Waals surface area contributed by atoms with Gasteiger partial charge in [0.05, 0.1) is 0 Å². The molecule has 0 saturated heterocycles. The maximum atomic E-state index is 11.3. The number of hydrogen-bond donors (Lipinski definition) is 2. The van der Waals surface area contributed by atoms with Gasteiger partial charge in [0.15, 0.2) is 0 Å². The summed E-state index contributed by atoms with van der Waals surface area (Å²) < 4.78 is 0. The van der Waals surface area contributed by atoms with Crippen molar-refractivity contribution in [1.82, 2.24) is 9.97 Å². The van der Waals surface area contributed by atoms with Crippen molar-refractivity contribution in [1.29, 1.82) is 0 Å².